The molecule has 0 saturated carbocycles. The Labute approximate surface area is 127 Å². The van der Waals surface area contributed by atoms with Crippen molar-refractivity contribution in [2.24, 2.45) is 7.05 Å². The smallest absolute Gasteiger partial charge is 0.133 e. The number of rotatable bonds is 6. The second-order valence-corrected chi connectivity index (χ2v) is 5.45. The Morgan fingerprint density at radius 2 is 2.25 bits per heavy atom. The van der Waals surface area contributed by atoms with Crippen LogP contribution in [0.3, 0.4) is 0 Å². The van der Waals surface area contributed by atoms with Gasteiger partial charge in [0.1, 0.15) is 5.75 Å². The zero-order valence-electron chi connectivity index (χ0n) is 11.9. The van der Waals surface area contributed by atoms with Crippen molar-refractivity contribution >= 4 is 15.9 Å². The number of ether oxygens (including phenoxy) is 1. The number of methoxy groups -OCH3 is 1. The summed E-state index contributed by atoms with van der Waals surface area (Å²) in [5.74, 6) is 0.837. The van der Waals surface area contributed by atoms with E-state index in [-0.39, 0.29) is 6.04 Å². The molecule has 108 valence electrons. The third-order valence-electron chi connectivity index (χ3n) is 3.09. The van der Waals surface area contributed by atoms with Crippen LogP contribution >= 0.6 is 15.9 Å². The number of aryl methyl sites for hydroxylation is 1. The van der Waals surface area contributed by atoms with Gasteiger partial charge in [-0.1, -0.05) is 18.2 Å². The van der Waals surface area contributed by atoms with Crippen LogP contribution in [-0.2, 0) is 13.5 Å². The number of hydrogen-bond donors (Lipinski definition) is 1. The van der Waals surface area contributed by atoms with Crippen LogP contribution < -0.4 is 10.1 Å². The molecule has 0 aliphatic rings. The first-order valence-corrected chi connectivity index (χ1v) is 7.35. The molecule has 1 heterocycles. The number of halogens is 1. The molecule has 0 bridgehead atoms. The monoisotopic (exact) mass is 338 g/mol. The minimum absolute atomic E-state index is 0.207. The molecule has 5 nitrogen and oxygen atoms in total. The number of nitrogens with zero attached hydrogens (tertiary/aromatic N) is 3. The van der Waals surface area contributed by atoms with Gasteiger partial charge in [0.25, 0.3) is 0 Å². The predicted molar refractivity (Wildman–Crippen MR) is 81.8 cm³/mol. The van der Waals surface area contributed by atoms with Gasteiger partial charge in [0.05, 0.1) is 17.3 Å². The largest absolute Gasteiger partial charge is 0.496 e. The zero-order valence-corrected chi connectivity index (χ0v) is 13.5. The highest BCUT2D eigenvalue weighted by Gasteiger charge is 2.14. The topological polar surface area (TPSA) is 52.0 Å². The van der Waals surface area contributed by atoms with Crippen LogP contribution in [0.1, 0.15) is 24.2 Å². The number of aromatic nitrogens is 3. The summed E-state index contributed by atoms with van der Waals surface area (Å²) < 4.78 is 7.95. The Hall–Kier alpha value is -1.40. The van der Waals surface area contributed by atoms with E-state index in [1.165, 1.54) is 5.56 Å². The SMILES string of the molecule is CCNC(Cc1cn(C)nn1)c1ccc(OC)c(Br)c1. The maximum absolute atomic E-state index is 5.27. The van der Waals surface area contributed by atoms with Gasteiger partial charge in [0, 0.05) is 25.7 Å². The van der Waals surface area contributed by atoms with Crippen LogP contribution in [-0.4, -0.2) is 28.6 Å². The molecule has 0 spiro atoms. The van der Waals surface area contributed by atoms with E-state index < -0.39 is 0 Å². The third kappa shape index (κ3) is 3.58. The summed E-state index contributed by atoms with van der Waals surface area (Å²) in [5, 5.41) is 11.6. The molecular weight excluding hydrogens is 320 g/mol. The van der Waals surface area contributed by atoms with Gasteiger partial charge in [0.2, 0.25) is 0 Å². The normalized spacial score (nSPS) is 12.4. The molecule has 6 heteroatoms. The molecule has 0 aliphatic carbocycles. The predicted octanol–water partition coefficient (Wildman–Crippen LogP) is 2.48. The number of benzene rings is 1. The van der Waals surface area contributed by atoms with Gasteiger partial charge in [-0.2, -0.15) is 0 Å². The molecule has 1 unspecified atom stereocenters. The average Bonchev–Trinajstić information content (AvgIpc) is 2.83. The van der Waals surface area contributed by atoms with E-state index in [1.807, 2.05) is 19.3 Å². The summed E-state index contributed by atoms with van der Waals surface area (Å²) in [6.45, 7) is 3.00. The van der Waals surface area contributed by atoms with Gasteiger partial charge < -0.3 is 10.1 Å². The number of hydrogen-bond acceptors (Lipinski definition) is 4. The zero-order chi connectivity index (χ0) is 14.5. The van der Waals surface area contributed by atoms with E-state index in [0.29, 0.717) is 0 Å². The van der Waals surface area contributed by atoms with E-state index in [2.05, 4.69) is 50.6 Å². The quantitative estimate of drug-likeness (QED) is 0.879. The number of nitrogens with one attached hydrogen (secondary N) is 1. The van der Waals surface area contributed by atoms with Crippen LogP contribution in [0.25, 0.3) is 0 Å². The lowest BCUT2D eigenvalue weighted by molar-refractivity contribution is 0.411. The molecule has 1 aromatic carbocycles. The van der Waals surface area contributed by atoms with Crippen molar-refractivity contribution in [3.05, 3.63) is 40.1 Å². The number of likely N-dealkylation sites (N-methyl/N-ethyl adjacent to an activating group) is 1. The lowest BCUT2D eigenvalue weighted by atomic mass is 10.0. The second-order valence-electron chi connectivity index (χ2n) is 4.59. The second kappa shape index (κ2) is 6.85. The Balaban J connectivity index is 2.21. The Kier molecular flexibility index (Phi) is 5.14. The molecule has 1 atom stereocenters. The van der Waals surface area contributed by atoms with E-state index in [9.17, 15) is 0 Å². The molecule has 0 amide bonds. The molecule has 0 radical (unpaired) electrons. The molecular formula is C14H19BrN4O. The third-order valence-corrected chi connectivity index (χ3v) is 3.71. The Bertz CT molecular complexity index is 570. The van der Waals surface area contributed by atoms with Crippen LogP contribution in [0.4, 0.5) is 0 Å². The molecule has 0 aliphatic heterocycles. The molecule has 1 aromatic heterocycles. The molecule has 2 rings (SSSR count). The highest BCUT2D eigenvalue weighted by atomic mass is 79.9. The molecule has 20 heavy (non-hydrogen) atoms. The maximum Gasteiger partial charge on any atom is 0.133 e. The van der Waals surface area contributed by atoms with Crippen molar-refractivity contribution < 1.29 is 4.74 Å². The molecule has 1 N–H and O–H groups in total. The highest BCUT2D eigenvalue weighted by molar-refractivity contribution is 9.10. The molecule has 2 aromatic rings. The van der Waals surface area contributed by atoms with Gasteiger partial charge in [-0.15, -0.1) is 5.10 Å². The van der Waals surface area contributed by atoms with E-state index in [0.717, 1.165) is 28.9 Å². The summed E-state index contributed by atoms with van der Waals surface area (Å²) in [4.78, 5) is 0. The van der Waals surface area contributed by atoms with Gasteiger partial charge in [-0.05, 0) is 40.2 Å². The van der Waals surface area contributed by atoms with Crippen molar-refractivity contribution in [1.29, 1.82) is 0 Å². The fourth-order valence-corrected chi connectivity index (χ4v) is 2.71. The van der Waals surface area contributed by atoms with Gasteiger partial charge in [0.15, 0.2) is 0 Å². The summed E-state index contributed by atoms with van der Waals surface area (Å²) in [6.07, 6.45) is 2.75. The first-order chi connectivity index (χ1) is 9.63. The van der Waals surface area contributed by atoms with Crippen molar-refractivity contribution in [3.63, 3.8) is 0 Å². The summed E-state index contributed by atoms with van der Waals surface area (Å²) in [5.41, 5.74) is 2.18. The lowest BCUT2D eigenvalue weighted by Gasteiger charge is -2.18. The van der Waals surface area contributed by atoms with Crippen molar-refractivity contribution in [3.8, 4) is 5.75 Å². The summed E-state index contributed by atoms with van der Waals surface area (Å²) >= 11 is 3.53. The fraction of sp³-hybridized carbons (Fsp3) is 0.429. The van der Waals surface area contributed by atoms with Crippen LogP contribution in [0.15, 0.2) is 28.9 Å². The first-order valence-electron chi connectivity index (χ1n) is 6.56. The highest BCUT2D eigenvalue weighted by Crippen LogP contribution is 2.29. The molecule has 0 fully saturated rings. The minimum atomic E-state index is 0.207. The van der Waals surface area contributed by atoms with E-state index >= 15 is 0 Å². The van der Waals surface area contributed by atoms with Crippen LogP contribution in [0, 0.1) is 0 Å². The first kappa shape index (κ1) is 15.0. The van der Waals surface area contributed by atoms with Crippen molar-refractivity contribution in [2.75, 3.05) is 13.7 Å². The van der Waals surface area contributed by atoms with E-state index in [1.54, 1.807) is 11.8 Å². The van der Waals surface area contributed by atoms with Gasteiger partial charge in [-0.3, -0.25) is 4.68 Å². The van der Waals surface area contributed by atoms with Crippen molar-refractivity contribution in [2.45, 2.75) is 19.4 Å². The Morgan fingerprint density at radius 3 is 2.80 bits per heavy atom. The fourth-order valence-electron chi connectivity index (χ4n) is 2.15. The van der Waals surface area contributed by atoms with Gasteiger partial charge >= 0.3 is 0 Å². The van der Waals surface area contributed by atoms with E-state index in [4.69, 9.17) is 4.74 Å². The lowest BCUT2D eigenvalue weighted by Crippen LogP contribution is -2.23. The average molecular weight is 339 g/mol. The summed E-state index contributed by atoms with van der Waals surface area (Å²) in [6, 6.07) is 6.34. The minimum Gasteiger partial charge on any atom is -0.496 e. The molecule has 0 saturated heterocycles. The Morgan fingerprint density at radius 1 is 1.45 bits per heavy atom. The summed E-state index contributed by atoms with van der Waals surface area (Å²) in [7, 11) is 3.55. The van der Waals surface area contributed by atoms with Crippen LogP contribution in [0.5, 0.6) is 5.75 Å². The standard InChI is InChI=1S/C14H19BrN4O/c1-4-16-13(8-11-9-19(2)18-17-11)10-5-6-14(20-3)12(15)7-10/h5-7,9,13,16H,4,8H2,1-3H3. The van der Waals surface area contributed by atoms with Crippen LogP contribution in [0.2, 0.25) is 0 Å². The van der Waals surface area contributed by atoms with Gasteiger partial charge in [-0.25, -0.2) is 0 Å². The van der Waals surface area contributed by atoms with Crippen molar-refractivity contribution in [1.82, 2.24) is 20.3 Å². The maximum atomic E-state index is 5.27.